The maximum absolute atomic E-state index is 12.0. The molecule has 7 heteroatoms. The van der Waals surface area contributed by atoms with Crippen LogP contribution >= 0.6 is 50.5 Å². The number of anilines is 1. The smallest absolute Gasteiger partial charge is 0.239 e. The molecule has 0 radical (unpaired) electrons. The van der Waals surface area contributed by atoms with Crippen LogP contribution in [0.25, 0.3) is 10.2 Å². The molecule has 2 rings (SSSR count). The zero-order valence-corrected chi connectivity index (χ0v) is 14.7. The van der Waals surface area contributed by atoms with Crippen LogP contribution in [0, 0.1) is 0 Å². The minimum atomic E-state index is -0.200. The molecule has 1 heterocycles. The Morgan fingerprint density at radius 3 is 2.95 bits per heavy atom. The van der Waals surface area contributed by atoms with E-state index in [0.29, 0.717) is 20.7 Å². The van der Waals surface area contributed by atoms with E-state index in [1.807, 2.05) is 0 Å². The molecule has 1 unspecified atom stereocenters. The minimum absolute atomic E-state index is 0.0836. The molecule has 1 aromatic heterocycles. The molecule has 0 aliphatic heterocycles. The summed E-state index contributed by atoms with van der Waals surface area (Å²) in [4.78, 5) is 16.1. The normalized spacial score (nSPS) is 12.6. The van der Waals surface area contributed by atoms with Crippen LogP contribution in [0.15, 0.2) is 12.1 Å². The highest BCUT2D eigenvalue weighted by Crippen LogP contribution is 2.33. The van der Waals surface area contributed by atoms with E-state index in [-0.39, 0.29) is 10.7 Å². The van der Waals surface area contributed by atoms with Crippen molar-refractivity contribution in [3.8, 4) is 0 Å². The van der Waals surface area contributed by atoms with Gasteiger partial charge in [-0.05, 0) is 18.6 Å². The lowest BCUT2D eigenvalue weighted by molar-refractivity contribution is -0.115. The van der Waals surface area contributed by atoms with E-state index in [9.17, 15) is 4.79 Å². The van der Waals surface area contributed by atoms with E-state index < -0.39 is 0 Å². The summed E-state index contributed by atoms with van der Waals surface area (Å²) in [5.41, 5.74) is 0.663. The van der Waals surface area contributed by atoms with Crippen molar-refractivity contribution in [2.45, 2.75) is 31.0 Å². The maximum atomic E-state index is 12.0. The van der Waals surface area contributed by atoms with Crippen LogP contribution in [0.3, 0.4) is 0 Å². The van der Waals surface area contributed by atoms with Crippen LogP contribution in [-0.4, -0.2) is 15.7 Å². The Balaban J connectivity index is 2.14. The zero-order valence-electron chi connectivity index (χ0n) is 10.8. The number of nitrogens with zero attached hydrogens (tertiary/aromatic N) is 1. The van der Waals surface area contributed by atoms with Crippen molar-refractivity contribution in [2.75, 3.05) is 5.32 Å². The van der Waals surface area contributed by atoms with Gasteiger partial charge in [-0.25, -0.2) is 4.98 Å². The summed E-state index contributed by atoms with van der Waals surface area (Å²) in [6, 6.07) is 3.43. The molecular formula is C13H13BrCl2N2OS. The second kappa shape index (κ2) is 7.07. The van der Waals surface area contributed by atoms with E-state index in [1.54, 1.807) is 12.1 Å². The number of thiazole rings is 1. The molecule has 0 fully saturated rings. The van der Waals surface area contributed by atoms with Gasteiger partial charge in [0.2, 0.25) is 5.91 Å². The summed E-state index contributed by atoms with van der Waals surface area (Å²) in [5, 5.41) is 4.40. The number of carbonyl (C=O) groups excluding carboxylic acids is 1. The number of nitrogens with one attached hydrogen (secondary N) is 1. The predicted molar refractivity (Wildman–Crippen MR) is 90.5 cm³/mol. The molecule has 1 aromatic carbocycles. The Bertz CT molecular complexity index is 632. The highest BCUT2D eigenvalue weighted by molar-refractivity contribution is 9.10. The molecule has 1 amide bonds. The van der Waals surface area contributed by atoms with Gasteiger partial charge in [-0.1, -0.05) is 70.2 Å². The van der Waals surface area contributed by atoms with Crippen LogP contribution in [0.5, 0.6) is 0 Å². The Hall–Kier alpha value is -0.360. The molecule has 1 N–H and O–H groups in total. The quantitative estimate of drug-likeness (QED) is 0.679. The van der Waals surface area contributed by atoms with Crippen molar-refractivity contribution in [2.24, 2.45) is 0 Å². The number of amides is 1. The van der Waals surface area contributed by atoms with Gasteiger partial charge in [-0.3, -0.25) is 4.79 Å². The Morgan fingerprint density at radius 1 is 1.50 bits per heavy atom. The number of halogens is 3. The average Bonchev–Trinajstić information content (AvgIpc) is 2.78. The molecule has 0 saturated heterocycles. The van der Waals surface area contributed by atoms with Crippen molar-refractivity contribution in [1.29, 1.82) is 0 Å². The number of benzene rings is 1. The van der Waals surface area contributed by atoms with Crippen LogP contribution in [0.4, 0.5) is 5.13 Å². The second-order valence-corrected chi connectivity index (χ2v) is 7.33. The second-order valence-electron chi connectivity index (χ2n) is 4.35. The number of aromatic nitrogens is 1. The van der Waals surface area contributed by atoms with Crippen molar-refractivity contribution >= 4 is 71.7 Å². The predicted octanol–water partition coefficient (Wildman–Crippen LogP) is 5.50. The number of hydrogen-bond donors (Lipinski definition) is 1. The molecule has 20 heavy (non-hydrogen) atoms. The lowest BCUT2D eigenvalue weighted by atomic mass is 10.2. The van der Waals surface area contributed by atoms with Crippen LogP contribution in [0.2, 0.25) is 10.0 Å². The lowest BCUT2D eigenvalue weighted by Crippen LogP contribution is -2.22. The fourth-order valence-corrected chi connectivity index (χ4v) is 3.74. The highest BCUT2D eigenvalue weighted by Gasteiger charge is 2.17. The van der Waals surface area contributed by atoms with Crippen molar-refractivity contribution in [3.05, 3.63) is 22.2 Å². The summed E-state index contributed by atoms with van der Waals surface area (Å²) < 4.78 is 0.859. The van der Waals surface area contributed by atoms with Gasteiger partial charge in [-0.15, -0.1) is 0 Å². The molecule has 108 valence electrons. The topological polar surface area (TPSA) is 42.0 Å². The van der Waals surface area contributed by atoms with E-state index in [2.05, 4.69) is 33.2 Å². The summed E-state index contributed by atoms with van der Waals surface area (Å²) in [5.74, 6) is -0.0836. The average molecular weight is 396 g/mol. The maximum Gasteiger partial charge on any atom is 0.239 e. The minimum Gasteiger partial charge on any atom is -0.301 e. The highest BCUT2D eigenvalue weighted by atomic mass is 79.9. The van der Waals surface area contributed by atoms with Gasteiger partial charge in [0.05, 0.1) is 14.5 Å². The van der Waals surface area contributed by atoms with E-state index in [0.717, 1.165) is 24.0 Å². The van der Waals surface area contributed by atoms with Gasteiger partial charge < -0.3 is 5.32 Å². The van der Waals surface area contributed by atoms with Gasteiger partial charge in [0.1, 0.15) is 5.52 Å². The molecule has 2 aromatic rings. The van der Waals surface area contributed by atoms with Crippen molar-refractivity contribution in [3.63, 3.8) is 0 Å². The third-order valence-electron chi connectivity index (χ3n) is 2.74. The summed E-state index contributed by atoms with van der Waals surface area (Å²) in [6.45, 7) is 2.09. The molecule has 0 saturated carbocycles. The first-order chi connectivity index (χ1) is 9.51. The van der Waals surface area contributed by atoms with Crippen LogP contribution < -0.4 is 5.32 Å². The van der Waals surface area contributed by atoms with Crippen molar-refractivity contribution in [1.82, 2.24) is 4.98 Å². The summed E-state index contributed by atoms with van der Waals surface area (Å²) in [6.07, 6.45) is 2.87. The monoisotopic (exact) mass is 394 g/mol. The molecule has 0 aliphatic carbocycles. The van der Waals surface area contributed by atoms with E-state index in [4.69, 9.17) is 23.2 Å². The summed E-state index contributed by atoms with van der Waals surface area (Å²) in [7, 11) is 0. The van der Waals surface area contributed by atoms with Gasteiger partial charge in [0, 0.05) is 5.02 Å². The Labute approximate surface area is 139 Å². The standard InChI is InChI=1S/C13H13BrCl2N2OS/c1-2-3-4-8(14)12(19)18-13-17-11-9(16)5-7(15)6-10(11)20-13/h5-6,8H,2-4H2,1H3,(H,17,18,19). The number of carbonyl (C=O) groups is 1. The molecule has 0 aliphatic rings. The molecule has 0 spiro atoms. The fourth-order valence-electron chi connectivity index (χ4n) is 1.71. The molecule has 1 atom stereocenters. The van der Waals surface area contributed by atoms with Gasteiger partial charge >= 0.3 is 0 Å². The van der Waals surface area contributed by atoms with Gasteiger partial charge in [-0.2, -0.15) is 0 Å². The third-order valence-corrected chi connectivity index (χ3v) is 5.04. The first-order valence-electron chi connectivity index (χ1n) is 6.21. The molecular weight excluding hydrogens is 383 g/mol. The molecule has 3 nitrogen and oxygen atoms in total. The number of fused-ring (bicyclic) bond motifs is 1. The van der Waals surface area contributed by atoms with Gasteiger partial charge in [0.15, 0.2) is 5.13 Å². The Kier molecular flexibility index (Phi) is 5.66. The van der Waals surface area contributed by atoms with Crippen molar-refractivity contribution < 1.29 is 4.79 Å². The van der Waals surface area contributed by atoms with Crippen LogP contribution in [-0.2, 0) is 4.79 Å². The number of unbranched alkanes of at least 4 members (excludes halogenated alkanes) is 1. The van der Waals surface area contributed by atoms with E-state index in [1.165, 1.54) is 11.3 Å². The SMILES string of the molecule is CCCCC(Br)C(=O)Nc1nc2c(Cl)cc(Cl)cc2s1. The molecule has 0 bridgehead atoms. The lowest BCUT2D eigenvalue weighted by Gasteiger charge is -2.07. The first-order valence-corrected chi connectivity index (χ1v) is 8.70. The first kappa shape index (κ1) is 16.0. The summed E-state index contributed by atoms with van der Waals surface area (Å²) >= 11 is 16.8. The van der Waals surface area contributed by atoms with E-state index >= 15 is 0 Å². The third kappa shape index (κ3) is 3.85. The number of alkyl halides is 1. The Morgan fingerprint density at radius 2 is 2.25 bits per heavy atom. The number of hydrogen-bond acceptors (Lipinski definition) is 3. The van der Waals surface area contributed by atoms with Gasteiger partial charge in [0.25, 0.3) is 0 Å². The fraction of sp³-hybridized carbons (Fsp3) is 0.385. The number of rotatable bonds is 5. The van der Waals surface area contributed by atoms with Crippen LogP contribution in [0.1, 0.15) is 26.2 Å². The zero-order chi connectivity index (χ0) is 14.7. The largest absolute Gasteiger partial charge is 0.301 e.